The summed E-state index contributed by atoms with van der Waals surface area (Å²) in [6.07, 6.45) is 3.75. The van der Waals surface area contributed by atoms with E-state index in [0.29, 0.717) is 11.6 Å². The fraction of sp³-hybridized carbons (Fsp3) is 0.278. The second-order valence-corrected chi connectivity index (χ2v) is 6.94. The van der Waals surface area contributed by atoms with Gasteiger partial charge < -0.3 is 10.2 Å². The Morgan fingerprint density at radius 3 is 2.71 bits per heavy atom. The van der Waals surface area contributed by atoms with E-state index in [1.165, 1.54) is 4.70 Å². The summed E-state index contributed by atoms with van der Waals surface area (Å²) in [5.41, 5.74) is 1.66. The molecule has 0 atom stereocenters. The standard InChI is InChI=1S/C18H17N5S/c19-11-13-5-6-17(20-12-13)23-9-7-14(8-10-23)21-18-22-15-3-1-2-4-16(15)24-18/h1-6,12,14H,7-10H2,(H,21,22). The topological polar surface area (TPSA) is 64.8 Å². The van der Waals surface area contributed by atoms with E-state index in [1.807, 2.05) is 24.3 Å². The van der Waals surface area contributed by atoms with Crippen LogP contribution in [0.15, 0.2) is 42.6 Å². The van der Waals surface area contributed by atoms with E-state index in [1.54, 1.807) is 17.5 Å². The van der Waals surface area contributed by atoms with Gasteiger partial charge >= 0.3 is 0 Å². The lowest BCUT2D eigenvalue weighted by Crippen LogP contribution is -2.39. The molecule has 0 radical (unpaired) electrons. The monoisotopic (exact) mass is 335 g/mol. The predicted molar refractivity (Wildman–Crippen MR) is 97.4 cm³/mol. The molecule has 1 aromatic carbocycles. The Hall–Kier alpha value is -2.65. The molecule has 24 heavy (non-hydrogen) atoms. The Morgan fingerprint density at radius 2 is 2.00 bits per heavy atom. The summed E-state index contributed by atoms with van der Waals surface area (Å²) in [6.45, 7) is 1.92. The maximum absolute atomic E-state index is 8.85. The molecule has 0 unspecified atom stereocenters. The molecule has 5 nitrogen and oxygen atoms in total. The van der Waals surface area contributed by atoms with Crippen LogP contribution in [0.2, 0.25) is 0 Å². The Morgan fingerprint density at radius 1 is 1.17 bits per heavy atom. The van der Waals surface area contributed by atoms with Gasteiger partial charge in [-0.2, -0.15) is 5.26 Å². The molecular formula is C18H17N5S. The zero-order chi connectivity index (χ0) is 16.4. The first-order valence-electron chi connectivity index (χ1n) is 8.05. The van der Waals surface area contributed by atoms with E-state index in [9.17, 15) is 0 Å². The van der Waals surface area contributed by atoms with Crippen molar-refractivity contribution in [3.63, 3.8) is 0 Å². The average Bonchev–Trinajstić information content (AvgIpc) is 3.05. The SMILES string of the molecule is N#Cc1ccc(N2CCC(Nc3nc4ccccc4s3)CC2)nc1. The number of nitrogens with one attached hydrogen (secondary N) is 1. The first-order chi connectivity index (χ1) is 11.8. The molecule has 4 rings (SSSR count). The number of rotatable bonds is 3. The van der Waals surface area contributed by atoms with Crippen LogP contribution in [0.25, 0.3) is 10.2 Å². The second-order valence-electron chi connectivity index (χ2n) is 5.91. The Kier molecular flexibility index (Phi) is 4.01. The number of nitriles is 1. The fourth-order valence-corrected chi connectivity index (χ4v) is 3.94. The summed E-state index contributed by atoms with van der Waals surface area (Å²) in [4.78, 5) is 11.3. The number of thiazole rings is 1. The van der Waals surface area contributed by atoms with E-state index >= 15 is 0 Å². The molecule has 0 spiro atoms. The molecule has 0 bridgehead atoms. The third-order valence-corrected chi connectivity index (χ3v) is 5.29. The summed E-state index contributed by atoms with van der Waals surface area (Å²) in [6, 6.07) is 14.5. The van der Waals surface area contributed by atoms with Gasteiger partial charge in [-0.25, -0.2) is 9.97 Å². The van der Waals surface area contributed by atoms with Gasteiger partial charge in [-0.05, 0) is 37.1 Å². The molecule has 0 saturated carbocycles. The first kappa shape index (κ1) is 14.9. The van der Waals surface area contributed by atoms with Crippen LogP contribution >= 0.6 is 11.3 Å². The first-order valence-corrected chi connectivity index (χ1v) is 8.87. The number of fused-ring (bicyclic) bond motifs is 1. The maximum Gasteiger partial charge on any atom is 0.184 e. The molecule has 0 aliphatic carbocycles. The van der Waals surface area contributed by atoms with Crippen molar-refractivity contribution in [3.05, 3.63) is 48.2 Å². The molecule has 1 N–H and O–H groups in total. The van der Waals surface area contributed by atoms with Crippen molar-refractivity contribution in [2.24, 2.45) is 0 Å². The zero-order valence-corrected chi connectivity index (χ0v) is 14.0. The molecule has 1 saturated heterocycles. The van der Waals surface area contributed by atoms with Crippen LogP contribution < -0.4 is 10.2 Å². The van der Waals surface area contributed by atoms with Gasteiger partial charge in [-0.1, -0.05) is 23.5 Å². The number of anilines is 2. The highest BCUT2D eigenvalue weighted by atomic mass is 32.1. The van der Waals surface area contributed by atoms with Crippen LogP contribution in [-0.2, 0) is 0 Å². The molecule has 0 amide bonds. The van der Waals surface area contributed by atoms with E-state index in [-0.39, 0.29) is 0 Å². The average molecular weight is 335 g/mol. The van der Waals surface area contributed by atoms with Crippen molar-refractivity contribution >= 4 is 32.5 Å². The van der Waals surface area contributed by atoms with Gasteiger partial charge in [0.05, 0.1) is 15.8 Å². The lowest BCUT2D eigenvalue weighted by Gasteiger charge is -2.33. The third kappa shape index (κ3) is 3.03. The highest BCUT2D eigenvalue weighted by molar-refractivity contribution is 7.22. The lowest BCUT2D eigenvalue weighted by atomic mass is 10.1. The Labute approximate surface area is 144 Å². The quantitative estimate of drug-likeness (QED) is 0.791. The lowest BCUT2D eigenvalue weighted by molar-refractivity contribution is 0.523. The Balaban J connectivity index is 1.38. The van der Waals surface area contributed by atoms with Gasteiger partial charge in [0.1, 0.15) is 11.9 Å². The minimum absolute atomic E-state index is 0.445. The third-order valence-electron chi connectivity index (χ3n) is 4.32. The van der Waals surface area contributed by atoms with Crippen LogP contribution in [0.5, 0.6) is 0 Å². The predicted octanol–water partition coefficient (Wildman–Crippen LogP) is 3.64. The van der Waals surface area contributed by atoms with Gasteiger partial charge in [-0.15, -0.1) is 0 Å². The van der Waals surface area contributed by atoms with Crippen molar-refractivity contribution in [1.29, 1.82) is 5.26 Å². The molecule has 1 aliphatic heterocycles. The Bertz CT molecular complexity index is 839. The van der Waals surface area contributed by atoms with Crippen molar-refractivity contribution in [2.45, 2.75) is 18.9 Å². The molecule has 120 valence electrons. The molecule has 3 heterocycles. The molecular weight excluding hydrogens is 318 g/mol. The largest absolute Gasteiger partial charge is 0.359 e. The molecule has 1 aliphatic rings. The van der Waals surface area contributed by atoms with Crippen LogP contribution in [0, 0.1) is 11.3 Å². The van der Waals surface area contributed by atoms with Gasteiger partial charge in [0.15, 0.2) is 5.13 Å². The minimum Gasteiger partial charge on any atom is -0.359 e. The maximum atomic E-state index is 8.85. The zero-order valence-electron chi connectivity index (χ0n) is 13.1. The van der Waals surface area contributed by atoms with Crippen molar-refractivity contribution < 1.29 is 0 Å². The van der Waals surface area contributed by atoms with E-state index in [0.717, 1.165) is 42.4 Å². The van der Waals surface area contributed by atoms with Crippen LogP contribution in [0.4, 0.5) is 10.9 Å². The van der Waals surface area contributed by atoms with Crippen molar-refractivity contribution in [1.82, 2.24) is 9.97 Å². The number of pyridine rings is 1. The van der Waals surface area contributed by atoms with Gasteiger partial charge in [-0.3, -0.25) is 0 Å². The van der Waals surface area contributed by atoms with E-state index in [2.05, 4.69) is 38.4 Å². The molecule has 1 fully saturated rings. The highest BCUT2D eigenvalue weighted by Crippen LogP contribution is 2.27. The summed E-state index contributed by atoms with van der Waals surface area (Å²) in [5.74, 6) is 0.951. The molecule has 2 aromatic heterocycles. The minimum atomic E-state index is 0.445. The van der Waals surface area contributed by atoms with Crippen LogP contribution in [0.3, 0.4) is 0 Å². The van der Waals surface area contributed by atoms with Crippen molar-refractivity contribution in [2.75, 3.05) is 23.3 Å². The van der Waals surface area contributed by atoms with Gasteiger partial charge in [0, 0.05) is 25.3 Å². The van der Waals surface area contributed by atoms with E-state index < -0.39 is 0 Å². The van der Waals surface area contributed by atoms with E-state index in [4.69, 9.17) is 5.26 Å². The molecule has 6 heteroatoms. The summed E-state index contributed by atoms with van der Waals surface area (Å²) in [7, 11) is 0. The van der Waals surface area contributed by atoms with Gasteiger partial charge in [0.2, 0.25) is 0 Å². The number of benzene rings is 1. The molecule has 3 aromatic rings. The normalized spacial score (nSPS) is 15.4. The summed E-state index contributed by atoms with van der Waals surface area (Å²) >= 11 is 1.71. The van der Waals surface area contributed by atoms with Crippen molar-refractivity contribution in [3.8, 4) is 6.07 Å². The fourth-order valence-electron chi connectivity index (χ4n) is 3.00. The number of piperidine rings is 1. The summed E-state index contributed by atoms with van der Waals surface area (Å²) in [5, 5.41) is 13.4. The smallest absolute Gasteiger partial charge is 0.184 e. The number of hydrogen-bond donors (Lipinski definition) is 1. The van der Waals surface area contributed by atoms with Gasteiger partial charge in [0.25, 0.3) is 0 Å². The second kappa shape index (κ2) is 6.46. The number of nitrogens with zero attached hydrogens (tertiary/aromatic N) is 4. The van der Waals surface area contributed by atoms with Crippen LogP contribution in [0.1, 0.15) is 18.4 Å². The number of aromatic nitrogens is 2. The summed E-state index contributed by atoms with van der Waals surface area (Å²) < 4.78 is 1.22. The number of para-hydroxylation sites is 1. The number of hydrogen-bond acceptors (Lipinski definition) is 6. The van der Waals surface area contributed by atoms with Crippen LogP contribution in [-0.4, -0.2) is 29.1 Å². The highest BCUT2D eigenvalue weighted by Gasteiger charge is 2.21.